The normalized spacial score (nSPS) is 23.6. The first-order valence-electron chi connectivity index (χ1n) is 10.4. The Balaban J connectivity index is 2.52. The van der Waals surface area contributed by atoms with Crippen molar-refractivity contribution < 1.29 is 9.90 Å². The second-order valence-corrected chi connectivity index (χ2v) is 13.0. The van der Waals surface area contributed by atoms with Gasteiger partial charge in [0.25, 0.3) is 0 Å². The van der Waals surface area contributed by atoms with E-state index in [0.717, 1.165) is 25.3 Å². The van der Waals surface area contributed by atoms with Crippen LogP contribution in [0.25, 0.3) is 0 Å². The number of hydrogen-bond donors (Lipinski definition) is 2. The maximum Gasteiger partial charge on any atom is 0.317 e. The molecule has 2 aliphatic heterocycles. The number of nitrogens with zero attached hydrogens (tertiary/aromatic N) is 3. The van der Waals surface area contributed by atoms with Crippen LogP contribution in [0.15, 0.2) is 16.3 Å². The lowest BCUT2D eigenvalue weighted by Crippen LogP contribution is -2.49. The first-order valence-corrected chi connectivity index (χ1v) is 12.3. The molecule has 0 saturated carbocycles. The van der Waals surface area contributed by atoms with Crippen molar-refractivity contribution in [3.63, 3.8) is 0 Å². The minimum Gasteiger partial charge on any atom is -0.480 e. The third-order valence-corrected chi connectivity index (χ3v) is 7.72. The quantitative estimate of drug-likeness (QED) is 0.458. The van der Waals surface area contributed by atoms with Crippen LogP contribution in [0.1, 0.15) is 61.8 Å². The van der Waals surface area contributed by atoms with Gasteiger partial charge in [0.15, 0.2) is 0 Å². The van der Waals surface area contributed by atoms with Crippen molar-refractivity contribution in [1.29, 1.82) is 0 Å². The van der Waals surface area contributed by atoms with Gasteiger partial charge in [-0.15, -0.1) is 11.7 Å². The van der Waals surface area contributed by atoms with Gasteiger partial charge in [-0.3, -0.25) is 14.7 Å². The van der Waals surface area contributed by atoms with Crippen LogP contribution in [0.3, 0.4) is 0 Å². The first-order chi connectivity index (χ1) is 13.1. The van der Waals surface area contributed by atoms with Gasteiger partial charge in [0.2, 0.25) is 0 Å². The molecule has 0 amide bonds. The molecule has 1 N–H and O–H groups in total. The van der Waals surface area contributed by atoms with E-state index >= 15 is 0 Å². The summed E-state index contributed by atoms with van der Waals surface area (Å²) in [6.45, 7) is 19.8. The monoisotopic (exact) mass is 441 g/mol. The average Bonchev–Trinajstić information content (AvgIpc) is 2.92. The summed E-state index contributed by atoms with van der Waals surface area (Å²) in [7, 11) is 3.43. The molecule has 0 aromatic heterocycles. The van der Waals surface area contributed by atoms with Crippen LogP contribution < -0.4 is 0 Å². The topological polar surface area (TPSA) is 56.1 Å². The van der Waals surface area contributed by atoms with Gasteiger partial charge in [0, 0.05) is 18.8 Å². The van der Waals surface area contributed by atoms with E-state index in [-0.39, 0.29) is 28.2 Å². The highest BCUT2D eigenvalue weighted by Crippen LogP contribution is 2.49. The predicted octanol–water partition coefficient (Wildman–Crippen LogP) is 4.81. The van der Waals surface area contributed by atoms with Crippen LogP contribution in [0.5, 0.6) is 0 Å². The molecule has 5 nitrogen and oxygen atoms in total. The van der Waals surface area contributed by atoms with E-state index < -0.39 is 5.97 Å². The molecule has 0 aliphatic carbocycles. The molecule has 1 fully saturated rings. The summed E-state index contributed by atoms with van der Waals surface area (Å²) in [6.07, 6.45) is 0.968. The number of thiol groups is 1. The third-order valence-electron chi connectivity index (χ3n) is 5.71. The molecule has 7 heteroatoms. The molecule has 2 aliphatic rings. The maximum absolute atomic E-state index is 11.1. The zero-order valence-corrected chi connectivity index (χ0v) is 21.2. The van der Waals surface area contributed by atoms with E-state index in [4.69, 9.17) is 10.1 Å². The first kappa shape index (κ1) is 24.6. The molecule has 2 atom stereocenters. The number of fused-ring (bicyclic) bond motifs is 1. The summed E-state index contributed by atoms with van der Waals surface area (Å²) in [5.74, 6) is 0.709. The fraction of sp³-hybridized carbons (Fsp3) is 0.818. The van der Waals surface area contributed by atoms with Crippen molar-refractivity contribution in [1.82, 2.24) is 9.80 Å². The molecular formula is C22H39N3O2S2. The number of allylic oxidation sites excluding steroid dienone is 1. The fourth-order valence-corrected chi connectivity index (χ4v) is 5.04. The summed E-state index contributed by atoms with van der Waals surface area (Å²) >= 11 is 4.56. The van der Waals surface area contributed by atoms with Gasteiger partial charge in [-0.2, -0.15) is 0 Å². The lowest BCUT2D eigenvalue weighted by atomic mass is 9.71. The highest BCUT2D eigenvalue weighted by Gasteiger charge is 2.47. The van der Waals surface area contributed by atoms with E-state index in [1.54, 1.807) is 0 Å². The van der Waals surface area contributed by atoms with Crippen molar-refractivity contribution in [2.75, 3.05) is 26.7 Å². The van der Waals surface area contributed by atoms with Gasteiger partial charge in [0.1, 0.15) is 5.84 Å². The van der Waals surface area contributed by atoms with Crippen molar-refractivity contribution in [2.24, 2.45) is 21.7 Å². The zero-order valence-electron chi connectivity index (χ0n) is 19.5. The molecule has 0 radical (unpaired) electrons. The van der Waals surface area contributed by atoms with Gasteiger partial charge in [-0.25, -0.2) is 0 Å². The van der Waals surface area contributed by atoms with E-state index in [9.17, 15) is 4.79 Å². The third kappa shape index (κ3) is 5.53. The lowest BCUT2D eigenvalue weighted by molar-refractivity contribution is -0.138. The highest BCUT2D eigenvalue weighted by molar-refractivity contribution is 8.69. The largest absolute Gasteiger partial charge is 0.480 e. The summed E-state index contributed by atoms with van der Waals surface area (Å²) in [5, 5.41) is 9.13. The molecular weight excluding hydrogens is 402 g/mol. The molecule has 2 heterocycles. The minimum absolute atomic E-state index is 0.0146. The van der Waals surface area contributed by atoms with Crippen molar-refractivity contribution in [3.8, 4) is 0 Å². The molecule has 0 bridgehead atoms. The Morgan fingerprint density at radius 3 is 2.28 bits per heavy atom. The fourth-order valence-electron chi connectivity index (χ4n) is 4.55. The van der Waals surface area contributed by atoms with Crippen molar-refractivity contribution >= 4 is 34.3 Å². The van der Waals surface area contributed by atoms with Crippen molar-refractivity contribution in [3.05, 3.63) is 11.3 Å². The maximum atomic E-state index is 11.1. The van der Waals surface area contributed by atoms with Gasteiger partial charge in [-0.05, 0) is 49.6 Å². The Labute approximate surface area is 186 Å². The van der Waals surface area contributed by atoms with Gasteiger partial charge >= 0.3 is 5.97 Å². The van der Waals surface area contributed by atoms with Crippen LogP contribution in [-0.2, 0) is 4.79 Å². The number of aliphatic carboxylic acids is 1. The number of carboxylic acid groups (broad SMARTS) is 1. The number of amidine groups is 1. The molecule has 0 aromatic carbocycles. The Hall–Kier alpha value is -0.660. The average molecular weight is 442 g/mol. The van der Waals surface area contributed by atoms with Crippen molar-refractivity contribution in [2.45, 2.75) is 72.6 Å². The molecule has 2 rings (SSSR count). The second kappa shape index (κ2) is 8.46. The number of rotatable bonds is 6. The standard InChI is InChI=1S/C22H39N3O2S2/c1-20(2,3)17-15-10-14(11-24(9)13-16(26)27)12-25(15)19(22(7,8)29-28)23-18(17)21(4,5)6/h14,18,28H,10-13H2,1-9H3,(H,26,27). The van der Waals surface area contributed by atoms with Crippen LogP contribution in [0.4, 0.5) is 0 Å². The predicted molar refractivity (Wildman–Crippen MR) is 128 cm³/mol. The molecule has 0 spiro atoms. The molecule has 166 valence electrons. The molecule has 1 saturated heterocycles. The molecule has 2 unspecified atom stereocenters. The van der Waals surface area contributed by atoms with Gasteiger partial charge in [-0.1, -0.05) is 52.3 Å². The van der Waals surface area contributed by atoms with Crippen LogP contribution >= 0.6 is 22.5 Å². The van der Waals surface area contributed by atoms with Crippen LogP contribution in [0, 0.1) is 16.7 Å². The van der Waals surface area contributed by atoms with E-state index in [2.05, 4.69) is 72.0 Å². The number of likely N-dealkylation sites (N-methyl/N-ethyl adjacent to an activating group) is 1. The second-order valence-electron chi connectivity index (χ2n) is 11.2. The van der Waals surface area contributed by atoms with E-state index in [1.165, 1.54) is 22.1 Å². The summed E-state index contributed by atoms with van der Waals surface area (Å²) in [5.41, 5.74) is 2.85. The Morgan fingerprint density at radius 2 is 1.83 bits per heavy atom. The number of carboxylic acids is 1. The van der Waals surface area contributed by atoms with Gasteiger partial charge in [0.05, 0.1) is 17.3 Å². The highest BCUT2D eigenvalue weighted by atomic mass is 33.1. The van der Waals surface area contributed by atoms with Crippen LogP contribution in [0.2, 0.25) is 0 Å². The smallest absolute Gasteiger partial charge is 0.317 e. The summed E-state index contributed by atoms with van der Waals surface area (Å²) in [4.78, 5) is 20.8. The van der Waals surface area contributed by atoms with Gasteiger partial charge < -0.3 is 10.0 Å². The Bertz CT molecular complexity index is 702. The van der Waals surface area contributed by atoms with Crippen LogP contribution in [-0.4, -0.2) is 64.2 Å². The summed E-state index contributed by atoms with van der Waals surface area (Å²) < 4.78 is -0.205. The zero-order chi connectivity index (χ0) is 22.4. The Kier molecular flexibility index (Phi) is 7.18. The molecule has 29 heavy (non-hydrogen) atoms. The number of aliphatic imine (C=N–C) groups is 1. The number of carbonyl (C=O) groups is 1. The minimum atomic E-state index is -0.777. The molecule has 0 aromatic rings. The number of hydrogen-bond acceptors (Lipinski definition) is 6. The van der Waals surface area contributed by atoms with E-state index in [1.807, 2.05) is 11.9 Å². The Morgan fingerprint density at radius 1 is 1.24 bits per heavy atom. The lowest BCUT2D eigenvalue weighted by Gasteiger charge is -2.46. The summed E-state index contributed by atoms with van der Waals surface area (Å²) in [6, 6.07) is 0.124. The van der Waals surface area contributed by atoms with E-state index in [0.29, 0.717) is 5.92 Å². The SMILES string of the molecule is CN(CC(=O)O)CC1CC2=C(C(C)(C)C)C(C(C)(C)C)N=C(C(C)(C)SS)N2C1.